The topological polar surface area (TPSA) is 49.4 Å². The van der Waals surface area contributed by atoms with E-state index < -0.39 is 0 Å². The van der Waals surface area contributed by atoms with Crippen LogP contribution in [-0.2, 0) is 9.59 Å². The highest BCUT2D eigenvalue weighted by Gasteiger charge is 2.18. The fourth-order valence-corrected chi connectivity index (χ4v) is 1.46. The lowest BCUT2D eigenvalue weighted by Crippen LogP contribution is -2.34. The lowest BCUT2D eigenvalue weighted by Gasteiger charge is -2.14. The lowest BCUT2D eigenvalue weighted by atomic mass is 10.4. The van der Waals surface area contributed by atoms with E-state index in [9.17, 15) is 9.59 Å². The molecule has 0 saturated carbocycles. The molecule has 1 fully saturated rings. The Morgan fingerprint density at radius 1 is 1.64 bits per heavy atom. The molecule has 1 saturated heterocycles. The highest BCUT2D eigenvalue weighted by atomic mass is 16.2. The van der Waals surface area contributed by atoms with E-state index in [-0.39, 0.29) is 11.8 Å². The largest absolute Gasteiger partial charge is 0.351 e. The van der Waals surface area contributed by atoms with Crippen molar-refractivity contribution in [3.63, 3.8) is 0 Å². The third kappa shape index (κ3) is 3.20. The number of allylic oxidation sites excluding steroid dienone is 1. The van der Waals surface area contributed by atoms with E-state index in [2.05, 4.69) is 5.32 Å². The Bertz CT molecular complexity index is 249. The summed E-state index contributed by atoms with van der Waals surface area (Å²) in [7, 11) is 0. The molecule has 0 aliphatic carbocycles. The van der Waals surface area contributed by atoms with Gasteiger partial charge in [0.05, 0.1) is 0 Å². The Morgan fingerprint density at radius 3 is 3.00 bits per heavy atom. The molecule has 0 bridgehead atoms. The molecule has 4 heteroatoms. The number of carbonyl (C=O) groups is 2. The number of nitrogens with one attached hydrogen (secondary N) is 1. The van der Waals surface area contributed by atoms with Gasteiger partial charge in [0.2, 0.25) is 11.8 Å². The second-order valence-corrected chi connectivity index (χ2v) is 3.28. The summed E-state index contributed by atoms with van der Waals surface area (Å²) in [5.41, 5.74) is 0. The van der Waals surface area contributed by atoms with Crippen LogP contribution in [0.15, 0.2) is 12.2 Å². The molecular formula is C10H16N2O2. The van der Waals surface area contributed by atoms with Gasteiger partial charge in [0.1, 0.15) is 0 Å². The second kappa shape index (κ2) is 5.42. The number of rotatable bonds is 4. The number of hydrogen-bond donors (Lipinski definition) is 1. The van der Waals surface area contributed by atoms with Gasteiger partial charge in [-0.3, -0.25) is 9.59 Å². The molecule has 0 unspecified atom stereocenters. The van der Waals surface area contributed by atoms with Crippen molar-refractivity contribution in [1.82, 2.24) is 10.2 Å². The van der Waals surface area contributed by atoms with Crippen molar-refractivity contribution in [2.45, 2.75) is 19.8 Å². The van der Waals surface area contributed by atoms with Crippen LogP contribution in [0.1, 0.15) is 19.8 Å². The van der Waals surface area contributed by atoms with Gasteiger partial charge in [0, 0.05) is 26.1 Å². The number of likely N-dealkylation sites (tertiary alicyclic amines) is 1. The third-order valence-electron chi connectivity index (χ3n) is 2.17. The average Bonchev–Trinajstić information content (AvgIpc) is 2.52. The van der Waals surface area contributed by atoms with E-state index in [1.165, 1.54) is 6.08 Å². The van der Waals surface area contributed by atoms with Crippen LogP contribution in [0.3, 0.4) is 0 Å². The average molecular weight is 196 g/mol. The lowest BCUT2D eigenvalue weighted by molar-refractivity contribution is -0.128. The standard InChI is InChI=1S/C10H16N2O2/c1-2-4-9(13)11-6-8-12-7-3-5-10(12)14/h2,4H,3,5-8H2,1H3,(H,11,13)/b4-2-. The molecule has 0 atom stereocenters. The quantitative estimate of drug-likeness (QED) is 0.657. The smallest absolute Gasteiger partial charge is 0.243 e. The molecule has 1 aliphatic rings. The maximum absolute atomic E-state index is 11.2. The summed E-state index contributed by atoms with van der Waals surface area (Å²) >= 11 is 0. The Hall–Kier alpha value is -1.32. The van der Waals surface area contributed by atoms with E-state index in [1.807, 2.05) is 0 Å². The first kappa shape index (κ1) is 10.8. The van der Waals surface area contributed by atoms with Crippen LogP contribution >= 0.6 is 0 Å². The fourth-order valence-electron chi connectivity index (χ4n) is 1.46. The zero-order valence-corrected chi connectivity index (χ0v) is 8.45. The van der Waals surface area contributed by atoms with Crippen LogP contribution in [0.5, 0.6) is 0 Å². The number of carbonyl (C=O) groups excluding carboxylic acids is 2. The fraction of sp³-hybridized carbons (Fsp3) is 0.600. The van der Waals surface area contributed by atoms with Crippen molar-refractivity contribution in [2.24, 2.45) is 0 Å². The van der Waals surface area contributed by atoms with E-state index in [1.54, 1.807) is 17.9 Å². The molecule has 0 aromatic heterocycles. The summed E-state index contributed by atoms with van der Waals surface area (Å²) in [4.78, 5) is 24.0. The van der Waals surface area contributed by atoms with Gasteiger partial charge in [-0.15, -0.1) is 0 Å². The first-order valence-electron chi connectivity index (χ1n) is 4.92. The van der Waals surface area contributed by atoms with Crippen molar-refractivity contribution in [1.29, 1.82) is 0 Å². The molecular weight excluding hydrogens is 180 g/mol. The molecule has 1 aliphatic heterocycles. The van der Waals surface area contributed by atoms with Crippen molar-refractivity contribution >= 4 is 11.8 Å². The second-order valence-electron chi connectivity index (χ2n) is 3.28. The van der Waals surface area contributed by atoms with Gasteiger partial charge in [-0.05, 0) is 19.4 Å². The van der Waals surface area contributed by atoms with Gasteiger partial charge in [0.15, 0.2) is 0 Å². The zero-order valence-electron chi connectivity index (χ0n) is 8.45. The van der Waals surface area contributed by atoms with Crippen LogP contribution in [0.2, 0.25) is 0 Å². The molecule has 78 valence electrons. The molecule has 1 heterocycles. The Labute approximate surface area is 84.0 Å². The summed E-state index contributed by atoms with van der Waals surface area (Å²) in [6.45, 7) is 3.79. The first-order valence-corrected chi connectivity index (χ1v) is 4.92. The third-order valence-corrected chi connectivity index (χ3v) is 2.17. The van der Waals surface area contributed by atoms with Crippen LogP contribution in [0, 0.1) is 0 Å². The summed E-state index contributed by atoms with van der Waals surface area (Å²) in [6, 6.07) is 0. The maximum atomic E-state index is 11.2. The molecule has 2 amide bonds. The normalized spacial score (nSPS) is 16.6. The van der Waals surface area contributed by atoms with E-state index in [4.69, 9.17) is 0 Å². The molecule has 1 N–H and O–H groups in total. The van der Waals surface area contributed by atoms with E-state index in [0.717, 1.165) is 13.0 Å². The monoisotopic (exact) mass is 196 g/mol. The molecule has 0 aromatic rings. The minimum Gasteiger partial charge on any atom is -0.351 e. The highest BCUT2D eigenvalue weighted by molar-refractivity contribution is 5.87. The van der Waals surface area contributed by atoms with Crippen molar-refractivity contribution in [2.75, 3.05) is 19.6 Å². The predicted octanol–water partition coefficient (Wildman–Crippen LogP) is 0.301. The van der Waals surface area contributed by atoms with Crippen LogP contribution in [-0.4, -0.2) is 36.3 Å². The molecule has 1 rings (SSSR count). The highest BCUT2D eigenvalue weighted by Crippen LogP contribution is 2.07. The van der Waals surface area contributed by atoms with E-state index >= 15 is 0 Å². The van der Waals surface area contributed by atoms with Crippen molar-refractivity contribution in [3.8, 4) is 0 Å². The Kier molecular flexibility index (Phi) is 4.16. The molecule has 0 radical (unpaired) electrons. The number of amides is 2. The van der Waals surface area contributed by atoms with Gasteiger partial charge < -0.3 is 10.2 Å². The Morgan fingerprint density at radius 2 is 2.43 bits per heavy atom. The van der Waals surface area contributed by atoms with Crippen LogP contribution in [0.25, 0.3) is 0 Å². The number of hydrogen-bond acceptors (Lipinski definition) is 2. The minimum absolute atomic E-state index is 0.0980. The van der Waals surface area contributed by atoms with Gasteiger partial charge in [-0.25, -0.2) is 0 Å². The number of nitrogens with zero attached hydrogens (tertiary/aromatic N) is 1. The molecule has 14 heavy (non-hydrogen) atoms. The van der Waals surface area contributed by atoms with Crippen molar-refractivity contribution in [3.05, 3.63) is 12.2 Å². The van der Waals surface area contributed by atoms with Crippen LogP contribution in [0.4, 0.5) is 0 Å². The van der Waals surface area contributed by atoms with Crippen LogP contribution < -0.4 is 5.32 Å². The summed E-state index contributed by atoms with van der Waals surface area (Å²) < 4.78 is 0. The first-order chi connectivity index (χ1) is 6.74. The van der Waals surface area contributed by atoms with Gasteiger partial charge >= 0.3 is 0 Å². The van der Waals surface area contributed by atoms with E-state index in [0.29, 0.717) is 19.5 Å². The maximum Gasteiger partial charge on any atom is 0.243 e. The minimum atomic E-state index is -0.0980. The SMILES string of the molecule is C/C=C\C(=O)NCCN1CCCC1=O. The molecule has 0 spiro atoms. The molecule has 0 aromatic carbocycles. The summed E-state index contributed by atoms with van der Waals surface area (Å²) in [5, 5.41) is 2.71. The summed E-state index contributed by atoms with van der Waals surface area (Å²) in [5.74, 6) is 0.101. The zero-order chi connectivity index (χ0) is 10.4. The van der Waals surface area contributed by atoms with Gasteiger partial charge in [0.25, 0.3) is 0 Å². The van der Waals surface area contributed by atoms with Gasteiger partial charge in [-0.2, -0.15) is 0 Å². The van der Waals surface area contributed by atoms with Crippen molar-refractivity contribution < 1.29 is 9.59 Å². The predicted molar refractivity (Wildman–Crippen MR) is 53.6 cm³/mol. The summed E-state index contributed by atoms with van der Waals surface area (Å²) in [6.07, 6.45) is 4.77. The van der Waals surface area contributed by atoms with Gasteiger partial charge in [-0.1, -0.05) is 6.08 Å². The Balaban J connectivity index is 2.15. The molecule has 4 nitrogen and oxygen atoms in total.